The number of benzene rings is 2. The van der Waals surface area contributed by atoms with E-state index in [2.05, 4.69) is 3.63 Å². The van der Waals surface area contributed by atoms with Gasteiger partial charge in [-0.15, -0.1) is 0 Å². The molecule has 1 N–H and O–H groups in total. The Kier molecular flexibility index (Phi) is 6.01. The molecule has 31 heavy (non-hydrogen) atoms. The number of aromatic hydroxyl groups is 1. The van der Waals surface area contributed by atoms with Gasteiger partial charge >= 0.3 is 33.4 Å². The van der Waals surface area contributed by atoms with Crippen LogP contribution in [0, 0.1) is 0 Å². The van der Waals surface area contributed by atoms with Crippen LogP contribution in [0.1, 0.15) is 0 Å². The number of phenolic OH excluding ortho intramolecular Hbond substituents is 1. The second-order valence-corrected chi connectivity index (χ2v) is 11.4. The number of hydrogen-bond acceptors (Lipinski definition) is 4. The molecule has 15 heteroatoms. The summed E-state index contributed by atoms with van der Waals surface area (Å²) in [4.78, 5) is -0.189. The van der Waals surface area contributed by atoms with Gasteiger partial charge in [-0.2, -0.15) is 47.9 Å². The first-order chi connectivity index (χ1) is 13.7. The molecule has 4 nitrogen and oxygen atoms in total. The second kappa shape index (κ2) is 7.33. The van der Waals surface area contributed by atoms with Crippen molar-refractivity contribution in [1.29, 1.82) is 0 Å². The minimum absolute atomic E-state index is 0.0494. The molecular formula is C16H13F9O4S2. The molecule has 0 aromatic heterocycles. The van der Waals surface area contributed by atoms with Crippen LogP contribution in [-0.4, -0.2) is 49.3 Å². The number of fused-ring (bicyclic) bond motifs is 1. The van der Waals surface area contributed by atoms with Crippen LogP contribution in [0.15, 0.2) is 41.3 Å². The summed E-state index contributed by atoms with van der Waals surface area (Å²) >= 11 is 0. The average molecular weight is 504 g/mol. The largest absolute Gasteiger partial charge is 0.507 e. The maximum atomic E-state index is 14.0. The van der Waals surface area contributed by atoms with Crippen LogP contribution in [-0.2, 0) is 13.7 Å². The molecule has 0 atom stereocenters. The first-order valence-corrected chi connectivity index (χ1v) is 11.6. The van der Waals surface area contributed by atoms with Gasteiger partial charge in [-0.3, -0.25) is 0 Å². The van der Waals surface area contributed by atoms with Crippen molar-refractivity contribution < 1.29 is 56.7 Å². The SMILES string of the molecule is CS(C)(OS(=O)(=O)C(F)(F)C(F)(F)C(F)(F)C(F)(F)F)c1ccc(O)c2ccccc12. The highest BCUT2D eigenvalue weighted by Gasteiger charge is 2.86. The standard InChI is InChI=1S/C16H13F9O4S2/c1-30(2,12-8-7-11(26)9-5-3-4-6-10(9)12)29-31(27,28)16(24,25)14(19,20)13(17,18)15(21,22)23/h3-8,26H,1-2H3. The first kappa shape index (κ1) is 25.4. The van der Waals surface area contributed by atoms with Crippen molar-refractivity contribution in [3.05, 3.63) is 36.4 Å². The highest BCUT2D eigenvalue weighted by molar-refractivity contribution is 8.32. The minimum Gasteiger partial charge on any atom is -0.507 e. The molecule has 176 valence electrons. The van der Waals surface area contributed by atoms with Gasteiger partial charge in [0.05, 0.1) is 0 Å². The fourth-order valence-corrected chi connectivity index (χ4v) is 6.48. The normalized spacial score (nSPS) is 15.3. The predicted molar refractivity (Wildman–Crippen MR) is 94.2 cm³/mol. The molecule has 0 heterocycles. The van der Waals surface area contributed by atoms with Gasteiger partial charge in [-0.1, -0.05) is 34.6 Å². The summed E-state index contributed by atoms with van der Waals surface area (Å²) in [6.45, 7) is 0. The van der Waals surface area contributed by atoms with Gasteiger partial charge in [0.25, 0.3) is 0 Å². The smallest absolute Gasteiger partial charge is 0.460 e. The van der Waals surface area contributed by atoms with Crippen molar-refractivity contribution in [2.75, 3.05) is 12.5 Å². The van der Waals surface area contributed by atoms with Gasteiger partial charge in [-0.05, 0) is 30.0 Å². The number of halogens is 9. The lowest BCUT2D eigenvalue weighted by Crippen LogP contribution is -2.63. The van der Waals surface area contributed by atoms with Crippen molar-refractivity contribution in [3.63, 3.8) is 0 Å². The van der Waals surface area contributed by atoms with E-state index in [0.717, 1.165) is 24.6 Å². The molecule has 0 aliphatic heterocycles. The molecule has 0 amide bonds. The Labute approximate surface area is 171 Å². The third-order valence-electron chi connectivity index (χ3n) is 4.08. The quantitative estimate of drug-likeness (QED) is 0.516. The van der Waals surface area contributed by atoms with E-state index in [1.807, 2.05) is 0 Å². The van der Waals surface area contributed by atoms with Gasteiger partial charge in [0.15, 0.2) is 0 Å². The van der Waals surface area contributed by atoms with Crippen molar-refractivity contribution in [2.45, 2.75) is 28.2 Å². The Morgan fingerprint density at radius 3 is 1.74 bits per heavy atom. The molecule has 0 spiro atoms. The van der Waals surface area contributed by atoms with Gasteiger partial charge in [0, 0.05) is 10.3 Å². The Hall–Kier alpha value is -1.87. The lowest BCUT2D eigenvalue weighted by atomic mass is 10.1. The summed E-state index contributed by atoms with van der Waals surface area (Å²) in [6.07, 6.45) is -5.45. The summed E-state index contributed by atoms with van der Waals surface area (Å²) in [5.41, 5.74) is 0. The summed E-state index contributed by atoms with van der Waals surface area (Å²) in [5, 5.41) is 3.02. The van der Waals surface area contributed by atoms with Crippen molar-refractivity contribution in [2.24, 2.45) is 0 Å². The van der Waals surface area contributed by atoms with E-state index in [9.17, 15) is 53.0 Å². The van der Waals surface area contributed by atoms with E-state index in [1.54, 1.807) is 0 Å². The minimum atomic E-state index is -7.39. The first-order valence-electron chi connectivity index (χ1n) is 7.80. The molecule has 0 saturated carbocycles. The van der Waals surface area contributed by atoms with Crippen LogP contribution in [0.5, 0.6) is 5.75 Å². The van der Waals surface area contributed by atoms with E-state index in [1.165, 1.54) is 24.3 Å². The number of phenols is 1. The number of hydrogen-bond donors (Lipinski definition) is 1. The van der Waals surface area contributed by atoms with Gasteiger partial charge in [0.2, 0.25) is 0 Å². The summed E-state index contributed by atoms with van der Waals surface area (Å²) < 4.78 is 146. The molecular weight excluding hydrogens is 491 g/mol. The number of rotatable bonds is 6. The topological polar surface area (TPSA) is 63.6 Å². The monoisotopic (exact) mass is 504 g/mol. The van der Waals surface area contributed by atoms with Crippen molar-refractivity contribution >= 4 is 31.2 Å². The second-order valence-electron chi connectivity index (χ2n) is 6.55. The zero-order chi connectivity index (χ0) is 24.3. The molecule has 2 rings (SSSR count). The van der Waals surface area contributed by atoms with E-state index < -0.39 is 43.7 Å². The Bertz CT molecular complexity index is 1100. The van der Waals surface area contributed by atoms with Crippen molar-refractivity contribution in [1.82, 2.24) is 0 Å². The third-order valence-corrected chi connectivity index (χ3v) is 8.46. The zero-order valence-electron chi connectivity index (χ0n) is 15.4. The lowest BCUT2D eigenvalue weighted by Gasteiger charge is -2.36. The van der Waals surface area contributed by atoms with Crippen molar-refractivity contribution in [3.8, 4) is 5.75 Å². The molecule has 0 bridgehead atoms. The van der Waals surface area contributed by atoms with Gasteiger partial charge < -0.3 is 5.11 Å². The van der Waals surface area contributed by atoms with Crippen LogP contribution < -0.4 is 0 Å². The number of alkyl halides is 9. The molecule has 2 aromatic rings. The Morgan fingerprint density at radius 1 is 0.774 bits per heavy atom. The van der Waals surface area contributed by atoms with E-state index >= 15 is 0 Å². The van der Waals surface area contributed by atoms with Crippen LogP contribution in [0.25, 0.3) is 10.8 Å². The molecule has 0 unspecified atom stereocenters. The van der Waals surface area contributed by atoms with Gasteiger partial charge in [-0.25, -0.2) is 3.63 Å². The molecule has 0 saturated heterocycles. The summed E-state index contributed by atoms with van der Waals surface area (Å²) in [6, 6.07) is 7.49. The third kappa shape index (κ3) is 3.91. The summed E-state index contributed by atoms with van der Waals surface area (Å²) in [7, 11) is -10.6. The molecule has 0 radical (unpaired) electrons. The fourth-order valence-electron chi connectivity index (χ4n) is 2.51. The van der Waals surface area contributed by atoms with Gasteiger partial charge in [0.1, 0.15) is 5.75 Å². The van der Waals surface area contributed by atoms with Crippen LogP contribution in [0.4, 0.5) is 39.5 Å². The maximum absolute atomic E-state index is 14.0. The summed E-state index contributed by atoms with van der Waals surface area (Å²) in [5.74, 6) is -15.1. The molecule has 0 aliphatic rings. The maximum Gasteiger partial charge on any atom is 0.460 e. The predicted octanol–water partition coefficient (Wildman–Crippen LogP) is 5.66. The average Bonchev–Trinajstić information content (AvgIpc) is 2.59. The molecule has 0 aliphatic carbocycles. The van der Waals surface area contributed by atoms with Crippen LogP contribution >= 0.6 is 10.3 Å². The molecule has 2 aromatic carbocycles. The Morgan fingerprint density at radius 2 is 1.26 bits per heavy atom. The highest BCUT2D eigenvalue weighted by atomic mass is 32.3. The van der Waals surface area contributed by atoms with E-state index in [0.29, 0.717) is 0 Å². The fraction of sp³-hybridized carbons (Fsp3) is 0.375. The Balaban J connectivity index is 2.58. The van der Waals surface area contributed by atoms with E-state index in [4.69, 9.17) is 0 Å². The van der Waals surface area contributed by atoms with E-state index in [-0.39, 0.29) is 21.4 Å². The molecule has 0 fully saturated rings. The lowest BCUT2D eigenvalue weighted by molar-refractivity contribution is -0.382. The zero-order valence-corrected chi connectivity index (χ0v) is 17.0. The van der Waals surface area contributed by atoms with Crippen LogP contribution in [0.2, 0.25) is 0 Å². The van der Waals surface area contributed by atoms with Crippen LogP contribution in [0.3, 0.4) is 0 Å². The highest BCUT2D eigenvalue weighted by Crippen LogP contribution is 2.60.